The van der Waals surface area contributed by atoms with Crippen molar-refractivity contribution in [3.05, 3.63) is 0 Å². The third-order valence-corrected chi connectivity index (χ3v) is 2.85. The minimum atomic E-state index is 0.226. The van der Waals surface area contributed by atoms with Crippen LogP contribution in [0, 0.1) is 0 Å². The SMILES string of the molecule is CCC1(N(C(C)=O)C(C)C)CC1. The van der Waals surface area contributed by atoms with Gasteiger partial charge in [0.1, 0.15) is 0 Å². The average Bonchev–Trinajstić information content (AvgIpc) is 2.68. The lowest BCUT2D eigenvalue weighted by molar-refractivity contribution is -0.134. The van der Waals surface area contributed by atoms with Crippen LogP contribution in [0.3, 0.4) is 0 Å². The van der Waals surface area contributed by atoms with Crippen LogP contribution in [0.15, 0.2) is 0 Å². The lowest BCUT2D eigenvalue weighted by Crippen LogP contribution is -2.45. The average molecular weight is 169 g/mol. The Morgan fingerprint density at radius 3 is 2.08 bits per heavy atom. The lowest BCUT2D eigenvalue weighted by Gasteiger charge is -2.34. The Morgan fingerprint density at radius 1 is 1.50 bits per heavy atom. The summed E-state index contributed by atoms with van der Waals surface area (Å²) in [4.78, 5) is 13.4. The largest absolute Gasteiger partial charge is 0.335 e. The van der Waals surface area contributed by atoms with E-state index in [1.165, 1.54) is 12.8 Å². The van der Waals surface area contributed by atoms with Crippen molar-refractivity contribution in [3.63, 3.8) is 0 Å². The van der Waals surface area contributed by atoms with E-state index in [2.05, 4.69) is 20.8 Å². The highest BCUT2D eigenvalue weighted by molar-refractivity contribution is 5.75. The Labute approximate surface area is 74.9 Å². The van der Waals surface area contributed by atoms with Crippen molar-refractivity contribution < 1.29 is 4.79 Å². The second kappa shape index (κ2) is 3.08. The molecule has 1 rings (SSSR count). The van der Waals surface area contributed by atoms with Crippen molar-refractivity contribution in [1.82, 2.24) is 4.90 Å². The number of nitrogens with zero attached hydrogens (tertiary/aromatic N) is 1. The van der Waals surface area contributed by atoms with Crippen LogP contribution in [0.4, 0.5) is 0 Å². The van der Waals surface area contributed by atoms with Crippen molar-refractivity contribution >= 4 is 5.91 Å². The predicted molar refractivity (Wildman–Crippen MR) is 49.9 cm³/mol. The molecule has 1 aliphatic rings. The first-order valence-corrected chi connectivity index (χ1v) is 4.83. The smallest absolute Gasteiger partial charge is 0.220 e. The summed E-state index contributed by atoms with van der Waals surface area (Å²) in [7, 11) is 0. The maximum absolute atomic E-state index is 11.4. The van der Waals surface area contributed by atoms with E-state index in [4.69, 9.17) is 0 Å². The number of hydrogen-bond acceptors (Lipinski definition) is 1. The van der Waals surface area contributed by atoms with E-state index in [9.17, 15) is 4.79 Å². The Bertz CT molecular complexity index is 182. The molecule has 0 N–H and O–H groups in total. The van der Waals surface area contributed by atoms with Crippen LogP contribution < -0.4 is 0 Å². The highest BCUT2D eigenvalue weighted by atomic mass is 16.2. The standard InChI is InChI=1S/C10H19NO/c1-5-10(6-7-10)11(8(2)3)9(4)12/h8H,5-7H2,1-4H3. The first-order valence-electron chi connectivity index (χ1n) is 4.83. The van der Waals surface area contributed by atoms with Gasteiger partial charge in [-0.3, -0.25) is 4.79 Å². The molecule has 70 valence electrons. The zero-order chi connectivity index (χ0) is 9.35. The highest BCUT2D eigenvalue weighted by Gasteiger charge is 2.48. The fourth-order valence-corrected chi connectivity index (χ4v) is 2.15. The van der Waals surface area contributed by atoms with Gasteiger partial charge in [0.25, 0.3) is 0 Å². The molecule has 0 aromatic carbocycles. The molecule has 12 heavy (non-hydrogen) atoms. The van der Waals surface area contributed by atoms with Crippen molar-refractivity contribution in [3.8, 4) is 0 Å². The third-order valence-electron chi connectivity index (χ3n) is 2.85. The maximum Gasteiger partial charge on any atom is 0.220 e. The maximum atomic E-state index is 11.4. The number of amides is 1. The van der Waals surface area contributed by atoms with Gasteiger partial charge in [-0.15, -0.1) is 0 Å². The van der Waals surface area contributed by atoms with Crippen molar-refractivity contribution in [2.75, 3.05) is 0 Å². The summed E-state index contributed by atoms with van der Waals surface area (Å²) < 4.78 is 0. The van der Waals surface area contributed by atoms with Crippen molar-refractivity contribution in [2.45, 2.75) is 58.5 Å². The van der Waals surface area contributed by atoms with Crippen LogP contribution in [0.2, 0.25) is 0 Å². The number of carbonyl (C=O) groups is 1. The molecule has 0 aromatic rings. The molecule has 0 unspecified atom stereocenters. The second-order valence-corrected chi connectivity index (χ2v) is 4.06. The molecule has 0 bridgehead atoms. The fourth-order valence-electron chi connectivity index (χ4n) is 2.15. The summed E-state index contributed by atoms with van der Waals surface area (Å²) in [5.74, 6) is 0.226. The van der Waals surface area contributed by atoms with Crippen LogP contribution in [-0.2, 0) is 4.79 Å². The Balaban J connectivity index is 2.72. The molecule has 1 fully saturated rings. The van der Waals surface area contributed by atoms with Gasteiger partial charge >= 0.3 is 0 Å². The van der Waals surface area contributed by atoms with E-state index in [0.717, 1.165) is 6.42 Å². The Morgan fingerprint density at radius 2 is 2.00 bits per heavy atom. The number of rotatable bonds is 3. The van der Waals surface area contributed by atoms with Crippen molar-refractivity contribution in [1.29, 1.82) is 0 Å². The van der Waals surface area contributed by atoms with Crippen LogP contribution in [0.5, 0.6) is 0 Å². The van der Waals surface area contributed by atoms with E-state index in [1.807, 2.05) is 4.90 Å². The highest BCUT2D eigenvalue weighted by Crippen LogP contribution is 2.45. The molecule has 0 atom stereocenters. The van der Waals surface area contributed by atoms with Gasteiger partial charge in [0.05, 0.1) is 0 Å². The molecule has 2 nitrogen and oxygen atoms in total. The number of hydrogen-bond donors (Lipinski definition) is 0. The van der Waals surface area contributed by atoms with Gasteiger partial charge < -0.3 is 4.90 Å². The van der Waals surface area contributed by atoms with Gasteiger partial charge in [0.15, 0.2) is 0 Å². The fraction of sp³-hybridized carbons (Fsp3) is 0.900. The molecule has 2 heteroatoms. The predicted octanol–water partition coefficient (Wildman–Crippen LogP) is 2.19. The van der Waals surface area contributed by atoms with E-state index >= 15 is 0 Å². The second-order valence-electron chi connectivity index (χ2n) is 4.06. The first-order chi connectivity index (χ1) is 5.53. The summed E-state index contributed by atoms with van der Waals surface area (Å²) in [6.07, 6.45) is 3.49. The van der Waals surface area contributed by atoms with Gasteiger partial charge in [-0.2, -0.15) is 0 Å². The topological polar surface area (TPSA) is 20.3 Å². The Kier molecular flexibility index (Phi) is 2.45. The van der Waals surface area contributed by atoms with Gasteiger partial charge in [-0.05, 0) is 33.1 Å². The molecule has 1 aliphatic carbocycles. The minimum absolute atomic E-state index is 0.226. The summed E-state index contributed by atoms with van der Waals surface area (Å²) in [6.45, 7) is 8.04. The molecule has 0 saturated heterocycles. The summed E-state index contributed by atoms with van der Waals surface area (Å²) in [6, 6.07) is 0.352. The molecule has 1 amide bonds. The molecule has 0 radical (unpaired) electrons. The van der Waals surface area contributed by atoms with E-state index in [0.29, 0.717) is 6.04 Å². The van der Waals surface area contributed by atoms with Crippen LogP contribution >= 0.6 is 0 Å². The molecular weight excluding hydrogens is 150 g/mol. The van der Waals surface area contributed by atoms with Crippen molar-refractivity contribution in [2.24, 2.45) is 0 Å². The third kappa shape index (κ3) is 1.47. The van der Waals surface area contributed by atoms with E-state index < -0.39 is 0 Å². The molecule has 1 saturated carbocycles. The molecule has 0 aromatic heterocycles. The quantitative estimate of drug-likeness (QED) is 0.634. The molecule has 0 aliphatic heterocycles. The molecule has 0 heterocycles. The van der Waals surface area contributed by atoms with Gasteiger partial charge in [0.2, 0.25) is 5.91 Å². The first kappa shape index (κ1) is 9.56. The lowest BCUT2D eigenvalue weighted by atomic mass is 10.1. The van der Waals surface area contributed by atoms with Crippen LogP contribution in [-0.4, -0.2) is 22.4 Å². The number of carbonyl (C=O) groups excluding carboxylic acids is 1. The monoisotopic (exact) mass is 169 g/mol. The molecule has 0 spiro atoms. The van der Waals surface area contributed by atoms with Gasteiger partial charge in [-0.1, -0.05) is 6.92 Å². The van der Waals surface area contributed by atoms with Crippen LogP contribution in [0.1, 0.15) is 47.0 Å². The molecular formula is C10H19NO. The van der Waals surface area contributed by atoms with E-state index in [1.54, 1.807) is 6.92 Å². The summed E-state index contributed by atoms with van der Waals surface area (Å²) >= 11 is 0. The normalized spacial score (nSPS) is 19.4. The Hall–Kier alpha value is -0.530. The summed E-state index contributed by atoms with van der Waals surface area (Å²) in [5, 5.41) is 0. The van der Waals surface area contributed by atoms with Crippen LogP contribution in [0.25, 0.3) is 0 Å². The van der Waals surface area contributed by atoms with E-state index in [-0.39, 0.29) is 11.4 Å². The zero-order valence-corrected chi connectivity index (χ0v) is 8.55. The van der Waals surface area contributed by atoms with Gasteiger partial charge in [-0.25, -0.2) is 0 Å². The summed E-state index contributed by atoms with van der Waals surface area (Å²) in [5.41, 5.74) is 0.236. The van der Waals surface area contributed by atoms with Gasteiger partial charge in [0, 0.05) is 18.5 Å². The zero-order valence-electron chi connectivity index (χ0n) is 8.55. The minimum Gasteiger partial charge on any atom is -0.335 e.